The van der Waals surface area contributed by atoms with E-state index >= 15 is 0 Å². The summed E-state index contributed by atoms with van der Waals surface area (Å²) in [6, 6.07) is 9.21. The minimum atomic E-state index is -2.64. The van der Waals surface area contributed by atoms with Crippen LogP contribution in [0.5, 0.6) is 0 Å². The molecule has 0 spiro atoms. The molecule has 0 aliphatic carbocycles. The van der Waals surface area contributed by atoms with E-state index in [4.69, 9.17) is 11.6 Å². The fourth-order valence-electron chi connectivity index (χ4n) is 1.74. The number of aromatic nitrogens is 1. The minimum absolute atomic E-state index is 0.292. The molecule has 1 heterocycles. The first-order valence-electron chi connectivity index (χ1n) is 5.83. The number of benzene rings is 1. The Balaban J connectivity index is 2.35. The van der Waals surface area contributed by atoms with Crippen LogP contribution in [0.4, 0.5) is 14.5 Å². The maximum Gasteiger partial charge on any atom is 0.258 e. The van der Waals surface area contributed by atoms with Gasteiger partial charge in [0.15, 0.2) is 0 Å². The predicted molar refractivity (Wildman–Crippen MR) is 73.4 cm³/mol. The van der Waals surface area contributed by atoms with E-state index in [1.165, 1.54) is 30.6 Å². The van der Waals surface area contributed by atoms with Crippen LogP contribution in [0.3, 0.4) is 0 Å². The van der Waals surface area contributed by atoms with Gasteiger partial charge in [-0.3, -0.25) is 9.78 Å². The van der Waals surface area contributed by atoms with Gasteiger partial charge < -0.3 is 4.90 Å². The summed E-state index contributed by atoms with van der Waals surface area (Å²) >= 11 is 5.84. The third-order valence-electron chi connectivity index (χ3n) is 2.61. The fraction of sp³-hybridized carbons (Fsp3) is 0.143. The number of hydrogen-bond acceptors (Lipinski definition) is 2. The van der Waals surface area contributed by atoms with Crippen molar-refractivity contribution in [3.8, 4) is 0 Å². The van der Waals surface area contributed by atoms with Gasteiger partial charge in [-0.15, -0.1) is 0 Å². The zero-order valence-corrected chi connectivity index (χ0v) is 11.1. The molecule has 2 aromatic rings. The van der Waals surface area contributed by atoms with E-state index in [-0.39, 0.29) is 0 Å². The molecular formula is C14H11ClF2N2O. The summed E-state index contributed by atoms with van der Waals surface area (Å²) in [5.74, 6) is -0.519. The standard InChI is InChI=1S/C14H11ClF2N2O/c15-11-2-1-3-12(8-11)19(9-13(16)17)14(20)10-4-6-18-7-5-10/h1-8,13H,9H2. The van der Waals surface area contributed by atoms with Gasteiger partial charge in [-0.1, -0.05) is 17.7 Å². The predicted octanol–water partition coefficient (Wildman–Crippen LogP) is 3.65. The molecule has 0 N–H and O–H groups in total. The maximum atomic E-state index is 12.7. The highest BCUT2D eigenvalue weighted by Gasteiger charge is 2.21. The minimum Gasteiger partial charge on any atom is -0.303 e. The lowest BCUT2D eigenvalue weighted by molar-refractivity contribution is 0.0945. The van der Waals surface area contributed by atoms with Crippen molar-refractivity contribution >= 4 is 23.2 Å². The third kappa shape index (κ3) is 3.51. The molecule has 104 valence electrons. The molecule has 1 aromatic carbocycles. The monoisotopic (exact) mass is 296 g/mol. The molecule has 0 aliphatic heterocycles. The van der Waals surface area contributed by atoms with E-state index in [0.29, 0.717) is 16.3 Å². The van der Waals surface area contributed by atoms with Gasteiger partial charge in [0.25, 0.3) is 12.3 Å². The molecule has 0 aliphatic rings. The first-order chi connectivity index (χ1) is 9.58. The molecule has 0 fully saturated rings. The molecule has 0 unspecified atom stereocenters. The second-order valence-corrected chi connectivity index (χ2v) is 4.46. The van der Waals surface area contributed by atoms with Crippen molar-refractivity contribution in [2.24, 2.45) is 0 Å². The molecule has 6 heteroatoms. The SMILES string of the molecule is O=C(c1ccncc1)N(CC(F)F)c1cccc(Cl)c1. The summed E-state index contributed by atoms with van der Waals surface area (Å²) in [5, 5.41) is 0.379. The summed E-state index contributed by atoms with van der Waals surface area (Å²) in [4.78, 5) is 17.1. The van der Waals surface area contributed by atoms with Crippen molar-refractivity contribution in [2.75, 3.05) is 11.4 Å². The number of hydrogen-bond donors (Lipinski definition) is 0. The van der Waals surface area contributed by atoms with Crippen molar-refractivity contribution in [1.29, 1.82) is 0 Å². The Kier molecular flexibility index (Phi) is 4.63. The van der Waals surface area contributed by atoms with Gasteiger partial charge in [0.05, 0.1) is 6.54 Å². The summed E-state index contributed by atoms with van der Waals surface area (Å²) in [6.45, 7) is -0.693. The van der Waals surface area contributed by atoms with Gasteiger partial charge in [0.2, 0.25) is 0 Å². The Labute approximate surface area is 119 Å². The van der Waals surface area contributed by atoms with E-state index in [0.717, 1.165) is 4.90 Å². The van der Waals surface area contributed by atoms with Crippen molar-refractivity contribution in [3.63, 3.8) is 0 Å². The van der Waals surface area contributed by atoms with Crippen LogP contribution in [-0.2, 0) is 0 Å². The number of carbonyl (C=O) groups excluding carboxylic acids is 1. The Hall–Kier alpha value is -2.01. The van der Waals surface area contributed by atoms with Gasteiger partial charge in [-0.2, -0.15) is 0 Å². The molecule has 1 amide bonds. The van der Waals surface area contributed by atoms with Crippen LogP contribution in [0.2, 0.25) is 5.02 Å². The number of halogens is 3. The number of rotatable bonds is 4. The quantitative estimate of drug-likeness (QED) is 0.863. The number of alkyl halides is 2. The smallest absolute Gasteiger partial charge is 0.258 e. The molecule has 3 nitrogen and oxygen atoms in total. The zero-order chi connectivity index (χ0) is 14.5. The molecule has 0 atom stereocenters. The van der Waals surface area contributed by atoms with Gasteiger partial charge in [-0.05, 0) is 30.3 Å². The molecule has 2 rings (SSSR count). The number of pyridine rings is 1. The first kappa shape index (κ1) is 14.4. The van der Waals surface area contributed by atoms with Gasteiger partial charge in [0.1, 0.15) is 0 Å². The maximum absolute atomic E-state index is 12.7. The molecular weight excluding hydrogens is 286 g/mol. The van der Waals surface area contributed by atoms with Gasteiger partial charge >= 0.3 is 0 Å². The Morgan fingerprint density at radius 1 is 1.25 bits per heavy atom. The highest BCUT2D eigenvalue weighted by atomic mass is 35.5. The number of anilines is 1. The normalized spacial score (nSPS) is 10.6. The molecule has 0 saturated carbocycles. The third-order valence-corrected chi connectivity index (χ3v) is 2.85. The van der Waals surface area contributed by atoms with Gasteiger partial charge in [0, 0.05) is 28.7 Å². The van der Waals surface area contributed by atoms with Crippen LogP contribution in [0.15, 0.2) is 48.8 Å². The van der Waals surface area contributed by atoms with E-state index < -0.39 is 18.9 Å². The lowest BCUT2D eigenvalue weighted by Gasteiger charge is -2.22. The average Bonchev–Trinajstić information content (AvgIpc) is 2.45. The second-order valence-electron chi connectivity index (χ2n) is 4.02. The second kappa shape index (κ2) is 6.43. The van der Waals surface area contributed by atoms with Crippen LogP contribution in [-0.4, -0.2) is 23.9 Å². The van der Waals surface area contributed by atoms with E-state index in [2.05, 4.69) is 4.98 Å². The Morgan fingerprint density at radius 2 is 1.95 bits per heavy atom. The van der Waals surface area contributed by atoms with Crippen LogP contribution in [0.25, 0.3) is 0 Å². The zero-order valence-electron chi connectivity index (χ0n) is 10.3. The Morgan fingerprint density at radius 3 is 2.55 bits per heavy atom. The van der Waals surface area contributed by atoms with Crippen molar-refractivity contribution in [2.45, 2.75) is 6.43 Å². The molecule has 0 radical (unpaired) electrons. The van der Waals surface area contributed by atoms with Crippen LogP contribution in [0, 0.1) is 0 Å². The molecule has 0 saturated heterocycles. The largest absolute Gasteiger partial charge is 0.303 e. The Bertz CT molecular complexity index is 593. The number of nitrogens with zero attached hydrogens (tertiary/aromatic N) is 2. The van der Waals surface area contributed by atoms with Crippen molar-refractivity contribution in [1.82, 2.24) is 4.98 Å². The van der Waals surface area contributed by atoms with Crippen LogP contribution >= 0.6 is 11.6 Å². The molecule has 20 heavy (non-hydrogen) atoms. The summed E-state index contributed by atoms with van der Waals surface area (Å²) in [6.07, 6.45) is 0.233. The first-order valence-corrected chi connectivity index (χ1v) is 6.21. The molecule has 1 aromatic heterocycles. The lowest BCUT2D eigenvalue weighted by atomic mass is 10.2. The molecule has 0 bridgehead atoms. The highest BCUT2D eigenvalue weighted by molar-refractivity contribution is 6.31. The van der Waals surface area contributed by atoms with Crippen LogP contribution < -0.4 is 4.90 Å². The fourth-order valence-corrected chi connectivity index (χ4v) is 1.92. The summed E-state index contributed by atoms with van der Waals surface area (Å²) in [7, 11) is 0. The average molecular weight is 297 g/mol. The van der Waals surface area contributed by atoms with Crippen molar-refractivity contribution < 1.29 is 13.6 Å². The number of carbonyl (C=O) groups is 1. The van der Waals surface area contributed by atoms with Gasteiger partial charge in [-0.25, -0.2) is 8.78 Å². The number of amides is 1. The van der Waals surface area contributed by atoms with E-state index in [1.54, 1.807) is 18.2 Å². The van der Waals surface area contributed by atoms with E-state index in [1.807, 2.05) is 0 Å². The summed E-state index contributed by atoms with van der Waals surface area (Å²) < 4.78 is 25.4. The topological polar surface area (TPSA) is 33.2 Å². The van der Waals surface area contributed by atoms with Crippen LogP contribution in [0.1, 0.15) is 10.4 Å². The summed E-state index contributed by atoms with van der Waals surface area (Å²) in [5.41, 5.74) is 0.625. The van der Waals surface area contributed by atoms with E-state index in [9.17, 15) is 13.6 Å². The highest BCUT2D eigenvalue weighted by Crippen LogP contribution is 2.22. The lowest BCUT2D eigenvalue weighted by Crippen LogP contribution is -2.35. The van der Waals surface area contributed by atoms with Crippen molar-refractivity contribution in [3.05, 3.63) is 59.4 Å².